The van der Waals surface area contributed by atoms with Crippen molar-refractivity contribution in [2.24, 2.45) is 5.92 Å². The predicted molar refractivity (Wildman–Crippen MR) is 75.8 cm³/mol. The Bertz CT molecular complexity index is 439. The van der Waals surface area contributed by atoms with Crippen LogP contribution in [0.1, 0.15) is 38.2 Å². The maximum absolute atomic E-state index is 8.60. The largest absolute Gasteiger partial charge is 0.478 e. The summed E-state index contributed by atoms with van der Waals surface area (Å²) in [6, 6.07) is 10.6. The van der Waals surface area contributed by atoms with Gasteiger partial charge in [-0.1, -0.05) is 38.0 Å². The molecule has 2 rings (SSSR count). The molecular formula is C16H22N2O. The number of ether oxygens (including phenoxy) is 1. The zero-order valence-corrected chi connectivity index (χ0v) is 11.6. The molecule has 0 radical (unpaired) electrons. The summed E-state index contributed by atoms with van der Waals surface area (Å²) in [6.07, 6.45) is 5.28. The van der Waals surface area contributed by atoms with Gasteiger partial charge in [0.25, 0.3) is 0 Å². The fourth-order valence-electron chi connectivity index (χ4n) is 2.76. The standard InChI is InChI=1S/C16H22N2O/c1-13-6-2-4-8-15(13)18-12-14-7-3-5-9-16(14)19-11-10-17/h3,5,7,9,13,15,18H,2,4,6,8,11-12H2,1H3. The molecule has 1 fully saturated rings. The van der Waals surface area contributed by atoms with Gasteiger partial charge in [0.15, 0.2) is 6.61 Å². The van der Waals surface area contributed by atoms with Crippen LogP contribution < -0.4 is 10.1 Å². The van der Waals surface area contributed by atoms with Crippen molar-refractivity contribution < 1.29 is 4.74 Å². The smallest absolute Gasteiger partial charge is 0.174 e. The van der Waals surface area contributed by atoms with Gasteiger partial charge < -0.3 is 10.1 Å². The maximum atomic E-state index is 8.60. The highest BCUT2D eigenvalue weighted by Gasteiger charge is 2.20. The SMILES string of the molecule is CC1CCCCC1NCc1ccccc1OCC#N. The topological polar surface area (TPSA) is 45.0 Å². The molecule has 3 nitrogen and oxygen atoms in total. The van der Waals surface area contributed by atoms with Gasteiger partial charge in [-0.15, -0.1) is 0 Å². The molecule has 1 N–H and O–H groups in total. The first-order chi connectivity index (χ1) is 9.31. The highest BCUT2D eigenvalue weighted by molar-refractivity contribution is 5.33. The monoisotopic (exact) mass is 258 g/mol. The molecule has 0 spiro atoms. The van der Waals surface area contributed by atoms with E-state index in [1.807, 2.05) is 24.3 Å². The van der Waals surface area contributed by atoms with Crippen molar-refractivity contribution in [3.05, 3.63) is 29.8 Å². The number of nitrogens with zero attached hydrogens (tertiary/aromatic N) is 1. The summed E-state index contributed by atoms with van der Waals surface area (Å²) in [5.74, 6) is 1.57. The molecule has 19 heavy (non-hydrogen) atoms. The van der Waals surface area contributed by atoms with Crippen molar-refractivity contribution in [1.82, 2.24) is 5.32 Å². The lowest BCUT2D eigenvalue weighted by Crippen LogP contribution is -2.36. The Labute approximate surface area is 115 Å². The van der Waals surface area contributed by atoms with Gasteiger partial charge in [0.2, 0.25) is 0 Å². The summed E-state index contributed by atoms with van der Waals surface area (Å²) in [5, 5.41) is 12.2. The van der Waals surface area contributed by atoms with E-state index >= 15 is 0 Å². The van der Waals surface area contributed by atoms with Gasteiger partial charge in [-0.2, -0.15) is 5.26 Å². The second-order valence-corrected chi connectivity index (χ2v) is 5.30. The van der Waals surface area contributed by atoms with Crippen LogP contribution in [-0.4, -0.2) is 12.6 Å². The van der Waals surface area contributed by atoms with Gasteiger partial charge in [-0.05, 0) is 24.8 Å². The van der Waals surface area contributed by atoms with E-state index in [1.54, 1.807) is 0 Å². The summed E-state index contributed by atoms with van der Waals surface area (Å²) in [5.41, 5.74) is 1.13. The molecule has 0 saturated heterocycles. The number of nitrogens with one attached hydrogen (secondary N) is 1. The first kappa shape index (κ1) is 13.9. The van der Waals surface area contributed by atoms with E-state index in [4.69, 9.17) is 10.00 Å². The van der Waals surface area contributed by atoms with E-state index in [0.29, 0.717) is 6.04 Å². The number of benzene rings is 1. The van der Waals surface area contributed by atoms with E-state index in [9.17, 15) is 0 Å². The van der Waals surface area contributed by atoms with Gasteiger partial charge in [-0.3, -0.25) is 0 Å². The first-order valence-electron chi connectivity index (χ1n) is 7.12. The third-order valence-electron chi connectivity index (χ3n) is 3.93. The van der Waals surface area contributed by atoms with Crippen molar-refractivity contribution >= 4 is 0 Å². The van der Waals surface area contributed by atoms with Gasteiger partial charge >= 0.3 is 0 Å². The minimum atomic E-state index is 0.108. The minimum absolute atomic E-state index is 0.108. The Hall–Kier alpha value is -1.53. The lowest BCUT2D eigenvalue weighted by Gasteiger charge is -2.29. The molecule has 0 amide bonds. The first-order valence-corrected chi connectivity index (χ1v) is 7.12. The van der Waals surface area contributed by atoms with Crippen molar-refractivity contribution in [3.8, 4) is 11.8 Å². The normalized spacial score (nSPS) is 22.7. The summed E-state index contributed by atoms with van der Waals surface area (Å²) >= 11 is 0. The van der Waals surface area contributed by atoms with Crippen LogP contribution in [0.4, 0.5) is 0 Å². The molecular weight excluding hydrogens is 236 g/mol. The van der Waals surface area contributed by atoms with Gasteiger partial charge in [0.05, 0.1) is 0 Å². The fourth-order valence-corrected chi connectivity index (χ4v) is 2.76. The molecule has 2 atom stereocenters. The van der Waals surface area contributed by atoms with E-state index in [1.165, 1.54) is 25.7 Å². The summed E-state index contributed by atoms with van der Waals surface area (Å²) in [4.78, 5) is 0. The number of hydrogen-bond acceptors (Lipinski definition) is 3. The quantitative estimate of drug-likeness (QED) is 0.881. The van der Waals surface area contributed by atoms with Gasteiger partial charge in [0, 0.05) is 18.2 Å². The van der Waals surface area contributed by atoms with Crippen molar-refractivity contribution in [1.29, 1.82) is 5.26 Å². The summed E-state index contributed by atoms with van der Waals surface area (Å²) < 4.78 is 5.45. The predicted octanol–water partition coefficient (Wildman–Crippen LogP) is 3.26. The zero-order chi connectivity index (χ0) is 13.5. The summed E-state index contributed by atoms with van der Waals surface area (Å²) in [6.45, 7) is 3.25. The number of nitriles is 1. The molecule has 0 bridgehead atoms. The lowest BCUT2D eigenvalue weighted by atomic mass is 9.86. The number of para-hydroxylation sites is 1. The van der Waals surface area contributed by atoms with E-state index < -0.39 is 0 Å². The maximum Gasteiger partial charge on any atom is 0.174 e. The Balaban J connectivity index is 1.93. The average molecular weight is 258 g/mol. The molecule has 2 unspecified atom stereocenters. The van der Waals surface area contributed by atoms with Crippen LogP contribution in [0.5, 0.6) is 5.75 Å². The van der Waals surface area contributed by atoms with E-state index in [2.05, 4.69) is 18.3 Å². The highest BCUT2D eigenvalue weighted by Crippen LogP contribution is 2.25. The molecule has 0 aromatic heterocycles. The third kappa shape index (κ3) is 3.97. The van der Waals surface area contributed by atoms with E-state index in [-0.39, 0.29) is 6.61 Å². The van der Waals surface area contributed by atoms with Crippen LogP contribution in [0.3, 0.4) is 0 Å². The average Bonchev–Trinajstić information content (AvgIpc) is 2.45. The van der Waals surface area contributed by atoms with E-state index in [0.717, 1.165) is 23.8 Å². The molecule has 1 aliphatic carbocycles. The molecule has 0 aliphatic heterocycles. The van der Waals surface area contributed by atoms with Gasteiger partial charge in [-0.25, -0.2) is 0 Å². The molecule has 1 aromatic carbocycles. The Morgan fingerprint density at radius 3 is 2.89 bits per heavy atom. The molecule has 1 saturated carbocycles. The molecule has 3 heteroatoms. The molecule has 1 aliphatic rings. The number of hydrogen-bond donors (Lipinski definition) is 1. The minimum Gasteiger partial charge on any atom is -0.478 e. The Morgan fingerprint density at radius 1 is 1.32 bits per heavy atom. The molecule has 1 aromatic rings. The van der Waals surface area contributed by atoms with Gasteiger partial charge in [0.1, 0.15) is 11.8 Å². The molecule has 102 valence electrons. The Morgan fingerprint density at radius 2 is 2.11 bits per heavy atom. The fraction of sp³-hybridized carbons (Fsp3) is 0.562. The van der Waals surface area contributed by atoms with Crippen LogP contribution >= 0.6 is 0 Å². The summed E-state index contributed by atoms with van der Waals surface area (Å²) in [7, 11) is 0. The van der Waals surface area contributed by atoms with Crippen LogP contribution in [0.2, 0.25) is 0 Å². The van der Waals surface area contributed by atoms with Crippen LogP contribution in [-0.2, 0) is 6.54 Å². The third-order valence-corrected chi connectivity index (χ3v) is 3.93. The lowest BCUT2D eigenvalue weighted by molar-refractivity contribution is 0.277. The Kier molecular flexibility index (Phi) is 5.23. The number of rotatable bonds is 5. The van der Waals surface area contributed by atoms with Crippen molar-refractivity contribution in [2.45, 2.75) is 45.2 Å². The second kappa shape index (κ2) is 7.16. The van der Waals surface area contributed by atoms with Crippen LogP contribution in [0.25, 0.3) is 0 Å². The van der Waals surface area contributed by atoms with Crippen molar-refractivity contribution in [3.63, 3.8) is 0 Å². The van der Waals surface area contributed by atoms with Crippen molar-refractivity contribution in [2.75, 3.05) is 6.61 Å². The zero-order valence-electron chi connectivity index (χ0n) is 11.6. The van der Waals surface area contributed by atoms with Crippen LogP contribution in [0.15, 0.2) is 24.3 Å². The van der Waals surface area contributed by atoms with Crippen LogP contribution in [0, 0.1) is 17.2 Å². The highest BCUT2D eigenvalue weighted by atomic mass is 16.5. The second-order valence-electron chi connectivity index (χ2n) is 5.30. The molecule has 0 heterocycles.